The fourth-order valence-corrected chi connectivity index (χ4v) is 1.97. The lowest BCUT2D eigenvalue weighted by atomic mass is 10.1. The number of hydrogen-bond acceptors (Lipinski definition) is 4. The molecule has 2 amide bonds. The third-order valence-electron chi connectivity index (χ3n) is 2.48. The van der Waals surface area contributed by atoms with Gasteiger partial charge in [-0.15, -0.1) is 11.3 Å². The first-order valence-corrected chi connectivity index (χ1v) is 6.67. The number of carbonyl (C=O) groups excluding carboxylic acids is 2. The Bertz CT molecular complexity index is 564. The van der Waals surface area contributed by atoms with Gasteiger partial charge in [-0.3, -0.25) is 14.9 Å². The molecule has 1 heterocycles. The van der Waals surface area contributed by atoms with Crippen LogP contribution in [0.3, 0.4) is 0 Å². The maximum Gasteiger partial charge on any atom is 0.315 e. The molecule has 0 atom stereocenters. The smallest absolute Gasteiger partial charge is 0.315 e. The predicted octanol–water partition coefficient (Wildman–Crippen LogP) is 2.28. The van der Waals surface area contributed by atoms with Gasteiger partial charge >= 0.3 is 11.8 Å². The minimum absolute atomic E-state index is 0.404. The van der Waals surface area contributed by atoms with Gasteiger partial charge in [-0.05, 0) is 24.1 Å². The summed E-state index contributed by atoms with van der Waals surface area (Å²) >= 11 is 1.26. The molecule has 0 spiro atoms. The van der Waals surface area contributed by atoms with Crippen molar-refractivity contribution in [1.82, 2.24) is 4.98 Å². The Balaban J connectivity index is 1.94. The molecule has 0 radical (unpaired) electrons. The second kappa shape index (κ2) is 6.10. The van der Waals surface area contributed by atoms with Gasteiger partial charge in [0.1, 0.15) is 0 Å². The molecule has 0 saturated carbocycles. The van der Waals surface area contributed by atoms with E-state index in [9.17, 15) is 9.59 Å². The van der Waals surface area contributed by atoms with Crippen molar-refractivity contribution in [3.8, 4) is 0 Å². The number of carbonyl (C=O) groups is 2. The van der Waals surface area contributed by atoms with E-state index < -0.39 is 11.8 Å². The van der Waals surface area contributed by atoms with E-state index >= 15 is 0 Å². The Morgan fingerprint density at radius 2 is 1.84 bits per heavy atom. The summed E-state index contributed by atoms with van der Waals surface area (Å²) in [5.74, 6) is -1.44. The summed E-state index contributed by atoms with van der Waals surface area (Å²) in [6, 6.07) is 7.36. The Kier molecular flexibility index (Phi) is 4.25. The second-order valence-corrected chi connectivity index (χ2v) is 4.69. The highest BCUT2D eigenvalue weighted by atomic mass is 32.1. The van der Waals surface area contributed by atoms with Crippen molar-refractivity contribution in [3.63, 3.8) is 0 Å². The summed E-state index contributed by atoms with van der Waals surface area (Å²) in [6.45, 7) is 2.05. The number of thiazole rings is 1. The van der Waals surface area contributed by atoms with E-state index in [1.54, 1.807) is 23.7 Å². The lowest BCUT2D eigenvalue weighted by Crippen LogP contribution is -2.28. The fourth-order valence-electron chi connectivity index (χ4n) is 1.45. The van der Waals surface area contributed by atoms with Crippen molar-refractivity contribution < 1.29 is 9.59 Å². The molecule has 19 heavy (non-hydrogen) atoms. The number of nitrogens with one attached hydrogen (secondary N) is 2. The van der Waals surface area contributed by atoms with E-state index in [4.69, 9.17) is 0 Å². The average Bonchev–Trinajstić information content (AvgIpc) is 2.92. The lowest BCUT2D eigenvalue weighted by molar-refractivity contribution is -0.132. The van der Waals surface area contributed by atoms with Crippen molar-refractivity contribution in [1.29, 1.82) is 0 Å². The zero-order valence-electron chi connectivity index (χ0n) is 10.3. The third kappa shape index (κ3) is 3.62. The molecule has 2 N–H and O–H groups in total. The molecular formula is C13H13N3O2S. The van der Waals surface area contributed by atoms with Crippen LogP contribution in [0.25, 0.3) is 0 Å². The molecule has 0 aliphatic heterocycles. The van der Waals surface area contributed by atoms with E-state index in [0.29, 0.717) is 10.8 Å². The highest BCUT2D eigenvalue weighted by Gasteiger charge is 2.14. The number of hydrogen-bond donors (Lipinski definition) is 2. The van der Waals surface area contributed by atoms with E-state index in [-0.39, 0.29) is 0 Å². The first kappa shape index (κ1) is 13.2. The van der Waals surface area contributed by atoms with E-state index in [2.05, 4.69) is 22.5 Å². The van der Waals surface area contributed by atoms with Crippen LogP contribution in [0, 0.1) is 0 Å². The molecule has 1 aromatic heterocycles. The molecule has 2 aromatic rings. The number of aromatic nitrogens is 1. The first-order valence-electron chi connectivity index (χ1n) is 5.80. The van der Waals surface area contributed by atoms with Crippen LogP contribution in [0.5, 0.6) is 0 Å². The SMILES string of the molecule is CCc1ccc(NC(=O)C(=O)Nc2nccs2)cc1. The van der Waals surface area contributed by atoms with Crippen LogP contribution in [0.1, 0.15) is 12.5 Å². The normalized spacial score (nSPS) is 9.95. The summed E-state index contributed by atoms with van der Waals surface area (Å²) in [5.41, 5.74) is 1.77. The number of nitrogens with zero attached hydrogens (tertiary/aromatic N) is 1. The minimum Gasteiger partial charge on any atom is -0.318 e. The average molecular weight is 275 g/mol. The maximum absolute atomic E-state index is 11.6. The molecule has 0 aliphatic carbocycles. The second-order valence-electron chi connectivity index (χ2n) is 3.80. The number of rotatable bonds is 3. The minimum atomic E-state index is -0.727. The summed E-state index contributed by atoms with van der Waals surface area (Å²) in [6.07, 6.45) is 2.49. The van der Waals surface area contributed by atoms with E-state index in [1.807, 2.05) is 12.1 Å². The number of benzene rings is 1. The van der Waals surface area contributed by atoms with Crippen LogP contribution in [0.2, 0.25) is 0 Å². The molecule has 0 fully saturated rings. The molecule has 98 valence electrons. The Morgan fingerprint density at radius 3 is 2.42 bits per heavy atom. The zero-order valence-corrected chi connectivity index (χ0v) is 11.2. The molecular weight excluding hydrogens is 262 g/mol. The van der Waals surface area contributed by atoms with Crippen LogP contribution in [-0.2, 0) is 16.0 Å². The Labute approximate surface area is 114 Å². The molecule has 0 bridgehead atoms. The summed E-state index contributed by atoms with van der Waals surface area (Å²) in [4.78, 5) is 27.1. The van der Waals surface area contributed by atoms with E-state index in [1.165, 1.54) is 16.9 Å². The molecule has 1 aromatic carbocycles. The van der Waals surface area contributed by atoms with Gasteiger partial charge in [0.25, 0.3) is 0 Å². The third-order valence-corrected chi connectivity index (χ3v) is 3.17. The van der Waals surface area contributed by atoms with Gasteiger partial charge in [-0.1, -0.05) is 19.1 Å². The van der Waals surface area contributed by atoms with Gasteiger partial charge in [0.15, 0.2) is 5.13 Å². The lowest BCUT2D eigenvalue weighted by Gasteiger charge is -2.05. The van der Waals surface area contributed by atoms with Crippen LogP contribution in [-0.4, -0.2) is 16.8 Å². The van der Waals surface area contributed by atoms with Crippen molar-refractivity contribution in [3.05, 3.63) is 41.4 Å². The summed E-state index contributed by atoms with van der Waals surface area (Å²) < 4.78 is 0. The molecule has 6 heteroatoms. The molecule has 0 unspecified atom stereocenters. The quantitative estimate of drug-likeness (QED) is 0.844. The van der Waals surface area contributed by atoms with Crippen molar-refractivity contribution >= 4 is 34.0 Å². The summed E-state index contributed by atoms with van der Waals surface area (Å²) in [7, 11) is 0. The zero-order chi connectivity index (χ0) is 13.7. The Morgan fingerprint density at radius 1 is 1.16 bits per heavy atom. The van der Waals surface area contributed by atoms with Gasteiger partial charge in [-0.2, -0.15) is 0 Å². The molecule has 0 saturated heterocycles. The molecule has 2 rings (SSSR count). The maximum atomic E-state index is 11.6. The van der Waals surface area contributed by atoms with Gasteiger partial charge in [0, 0.05) is 17.3 Å². The monoisotopic (exact) mass is 275 g/mol. The number of aryl methyl sites for hydroxylation is 1. The highest BCUT2D eigenvalue weighted by Crippen LogP contribution is 2.12. The van der Waals surface area contributed by atoms with Crippen molar-refractivity contribution in [2.45, 2.75) is 13.3 Å². The largest absolute Gasteiger partial charge is 0.318 e. The first-order chi connectivity index (χ1) is 9.19. The van der Waals surface area contributed by atoms with Crippen molar-refractivity contribution in [2.24, 2.45) is 0 Å². The van der Waals surface area contributed by atoms with Crippen LogP contribution < -0.4 is 10.6 Å². The van der Waals surface area contributed by atoms with Gasteiger partial charge in [0.05, 0.1) is 0 Å². The standard InChI is InChI=1S/C13H13N3O2S/c1-2-9-3-5-10(6-4-9)15-11(17)12(18)16-13-14-7-8-19-13/h3-8H,2H2,1H3,(H,15,17)(H,14,16,18). The van der Waals surface area contributed by atoms with Crippen LogP contribution in [0.4, 0.5) is 10.8 Å². The number of anilines is 2. The molecule has 5 nitrogen and oxygen atoms in total. The van der Waals surface area contributed by atoms with Gasteiger partial charge in [0.2, 0.25) is 0 Å². The van der Waals surface area contributed by atoms with Gasteiger partial charge < -0.3 is 5.32 Å². The number of amides is 2. The van der Waals surface area contributed by atoms with E-state index in [0.717, 1.165) is 6.42 Å². The van der Waals surface area contributed by atoms with Crippen LogP contribution in [0.15, 0.2) is 35.8 Å². The summed E-state index contributed by atoms with van der Waals surface area (Å²) in [5, 5.41) is 7.08. The van der Waals surface area contributed by atoms with Gasteiger partial charge in [-0.25, -0.2) is 4.98 Å². The Hall–Kier alpha value is -2.21. The van der Waals surface area contributed by atoms with Crippen molar-refractivity contribution in [2.75, 3.05) is 10.6 Å². The molecule has 0 aliphatic rings. The fraction of sp³-hybridized carbons (Fsp3) is 0.154. The predicted molar refractivity (Wildman–Crippen MR) is 75.2 cm³/mol. The topological polar surface area (TPSA) is 71.1 Å². The van der Waals surface area contributed by atoms with Crippen LogP contribution >= 0.6 is 11.3 Å². The highest BCUT2D eigenvalue weighted by molar-refractivity contribution is 7.13.